The molecule has 0 saturated carbocycles. The van der Waals surface area contributed by atoms with Gasteiger partial charge in [0.2, 0.25) is 0 Å². The van der Waals surface area contributed by atoms with Gasteiger partial charge in [-0.15, -0.1) is 0 Å². The molecule has 1 aromatic heterocycles. The average molecular weight is 475 g/mol. The highest BCUT2D eigenvalue weighted by Crippen LogP contribution is 2.49. The number of piperidine rings is 2. The third-order valence-corrected chi connectivity index (χ3v) is 8.11. The van der Waals surface area contributed by atoms with Crippen LogP contribution in [-0.2, 0) is 9.47 Å². The van der Waals surface area contributed by atoms with Crippen LogP contribution in [0.2, 0.25) is 0 Å². The molecule has 2 unspecified atom stereocenters. The number of hydrogen-bond donors (Lipinski definition) is 0. The van der Waals surface area contributed by atoms with Crippen LogP contribution in [-0.4, -0.2) is 57.5 Å². The number of ether oxygens (including phenoxy) is 2. The second-order valence-electron chi connectivity index (χ2n) is 12.6. The van der Waals surface area contributed by atoms with Crippen LogP contribution in [0.25, 0.3) is 0 Å². The zero-order valence-corrected chi connectivity index (χ0v) is 23.6. The summed E-state index contributed by atoms with van der Waals surface area (Å²) in [4.78, 5) is 15.1. The molecule has 6 nitrogen and oxygen atoms in total. The van der Waals surface area contributed by atoms with E-state index in [1.807, 2.05) is 12.4 Å². The van der Waals surface area contributed by atoms with E-state index in [4.69, 9.17) is 19.4 Å². The van der Waals surface area contributed by atoms with Gasteiger partial charge in [-0.1, -0.05) is 13.8 Å². The van der Waals surface area contributed by atoms with Gasteiger partial charge in [0, 0.05) is 36.7 Å². The molecule has 0 aliphatic carbocycles. The molecule has 2 aliphatic heterocycles. The first-order valence-corrected chi connectivity index (χ1v) is 13.5. The zero-order chi connectivity index (χ0) is 25.4. The van der Waals surface area contributed by atoms with E-state index in [1.54, 1.807) is 0 Å². The number of aromatic nitrogens is 2. The summed E-state index contributed by atoms with van der Waals surface area (Å²) in [6.45, 7) is 24.5. The molecule has 3 rings (SSSR count). The Kier molecular flexibility index (Phi) is 7.94. The Morgan fingerprint density at radius 1 is 0.706 bits per heavy atom. The van der Waals surface area contributed by atoms with Gasteiger partial charge in [-0.25, -0.2) is 9.97 Å². The van der Waals surface area contributed by atoms with Crippen molar-refractivity contribution >= 4 is 11.6 Å². The van der Waals surface area contributed by atoms with Crippen LogP contribution in [0.1, 0.15) is 108 Å². The summed E-state index contributed by atoms with van der Waals surface area (Å²) in [7, 11) is 0. The second-order valence-corrected chi connectivity index (χ2v) is 12.6. The van der Waals surface area contributed by atoms with Gasteiger partial charge in [-0.2, -0.15) is 0 Å². The van der Waals surface area contributed by atoms with Crippen LogP contribution in [0.15, 0.2) is 12.4 Å². The Morgan fingerprint density at radius 2 is 1.06 bits per heavy atom. The fraction of sp³-hybridized carbons (Fsp3) is 0.857. The monoisotopic (exact) mass is 474 g/mol. The molecule has 3 heterocycles. The SMILES string of the molecule is CCCOC1CCC(C)(C)N(c2nccnc2N2C(C)(C)CCC(OCCC)C2(C)C)C1(C)C. The van der Waals surface area contributed by atoms with Crippen molar-refractivity contribution in [2.45, 2.75) is 142 Å². The highest BCUT2D eigenvalue weighted by Gasteiger charge is 2.53. The van der Waals surface area contributed by atoms with Gasteiger partial charge in [-0.3, -0.25) is 0 Å². The standard InChI is InChI=1S/C28H50N4O2/c1-11-19-33-21-13-15-25(3,4)31(27(21,7)8)23-24(30-18-17-29-23)32-26(5,6)16-14-22(28(32,9)10)34-20-12-2/h17-18,21-22H,11-16,19-20H2,1-10H3. The minimum Gasteiger partial charge on any atom is -0.376 e. The third-order valence-electron chi connectivity index (χ3n) is 8.11. The predicted molar refractivity (Wildman–Crippen MR) is 142 cm³/mol. The number of anilines is 2. The summed E-state index contributed by atoms with van der Waals surface area (Å²) in [5.41, 5.74) is -0.571. The molecule has 34 heavy (non-hydrogen) atoms. The summed E-state index contributed by atoms with van der Waals surface area (Å²) in [6, 6.07) is 0. The Bertz CT molecular complexity index is 753. The normalized spacial score (nSPS) is 27.6. The molecule has 1 aromatic rings. The summed E-state index contributed by atoms with van der Waals surface area (Å²) in [6.07, 6.45) is 10.3. The molecule has 2 aliphatic rings. The summed E-state index contributed by atoms with van der Waals surface area (Å²) in [5, 5.41) is 0. The lowest BCUT2D eigenvalue weighted by atomic mass is 9.76. The second kappa shape index (κ2) is 9.93. The van der Waals surface area contributed by atoms with Crippen molar-refractivity contribution in [1.82, 2.24) is 9.97 Å². The molecule has 0 aromatic carbocycles. The molecular formula is C28H50N4O2. The maximum atomic E-state index is 6.40. The summed E-state index contributed by atoms with van der Waals surface area (Å²) in [5.74, 6) is 1.92. The molecule has 2 saturated heterocycles. The van der Waals surface area contributed by atoms with Crippen LogP contribution in [0.5, 0.6) is 0 Å². The average Bonchev–Trinajstić information content (AvgIpc) is 2.72. The first-order chi connectivity index (χ1) is 15.8. The van der Waals surface area contributed by atoms with Crippen LogP contribution in [0, 0.1) is 0 Å². The van der Waals surface area contributed by atoms with E-state index in [2.05, 4.69) is 79.0 Å². The molecule has 0 spiro atoms. The Balaban J connectivity index is 2.12. The molecule has 6 heteroatoms. The van der Waals surface area contributed by atoms with Crippen molar-refractivity contribution in [3.63, 3.8) is 0 Å². The highest BCUT2D eigenvalue weighted by atomic mass is 16.5. The molecule has 0 bridgehead atoms. The van der Waals surface area contributed by atoms with Crippen LogP contribution in [0.4, 0.5) is 11.6 Å². The number of hydrogen-bond acceptors (Lipinski definition) is 6. The highest BCUT2D eigenvalue weighted by molar-refractivity contribution is 5.68. The van der Waals surface area contributed by atoms with Crippen molar-refractivity contribution < 1.29 is 9.47 Å². The van der Waals surface area contributed by atoms with E-state index >= 15 is 0 Å². The lowest BCUT2D eigenvalue weighted by Crippen LogP contribution is -2.68. The van der Waals surface area contributed by atoms with E-state index < -0.39 is 0 Å². The third kappa shape index (κ3) is 4.95. The zero-order valence-electron chi connectivity index (χ0n) is 23.6. The van der Waals surface area contributed by atoms with Gasteiger partial charge >= 0.3 is 0 Å². The fourth-order valence-corrected chi connectivity index (χ4v) is 6.60. The van der Waals surface area contributed by atoms with Crippen LogP contribution < -0.4 is 9.80 Å². The maximum absolute atomic E-state index is 6.40. The quantitative estimate of drug-likeness (QED) is 0.436. The minimum atomic E-state index is -0.218. The molecule has 0 radical (unpaired) electrons. The van der Waals surface area contributed by atoms with E-state index in [9.17, 15) is 0 Å². The van der Waals surface area contributed by atoms with Gasteiger partial charge < -0.3 is 19.3 Å². The first kappa shape index (κ1) is 27.2. The first-order valence-electron chi connectivity index (χ1n) is 13.5. The largest absolute Gasteiger partial charge is 0.376 e. The van der Waals surface area contributed by atoms with Crippen molar-refractivity contribution in [3.8, 4) is 0 Å². The van der Waals surface area contributed by atoms with E-state index in [0.717, 1.165) is 63.4 Å². The topological polar surface area (TPSA) is 50.7 Å². The van der Waals surface area contributed by atoms with Gasteiger partial charge in [0.05, 0.1) is 23.3 Å². The number of nitrogens with zero attached hydrogens (tertiary/aromatic N) is 4. The van der Waals surface area contributed by atoms with E-state index in [0.29, 0.717) is 0 Å². The molecule has 194 valence electrons. The van der Waals surface area contributed by atoms with Crippen LogP contribution in [0.3, 0.4) is 0 Å². The van der Waals surface area contributed by atoms with Gasteiger partial charge in [0.25, 0.3) is 0 Å². The Morgan fingerprint density at radius 3 is 1.38 bits per heavy atom. The van der Waals surface area contributed by atoms with Gasteiger partial charge in [-0.05, 0) is 93.9 Å². The maximum Gasteiger partial charge on any atom is 0.173 e. The fourth-order valence-electron chi connectivity index (χ4n) is 6.60. The van der Waals surface area contributed by atoms with E-state index in [1.165, 1.54) is 0 Å². The Hall–Kier alpha value is -1.40. The summed E-state index contributed by atoms with van der Waals surface area (Å²) >= 11 is 0. The minimum absolute atomic E-state index is 0.0669. The smallest absolute Gasteiger partial charge is 0.173 e. The Labute approximate surface area is 208 Å². The lowest BCUT2D eigenvalue weighted by Gasteiger charge is -2.60. The predicted octanol–water partition coefficient (Wildman–Crippen LogP) is 6.38. The van der Waals surface area contributed by atoms with Gasteiger partial charge in [0.15, 0.2) is 11.6 Å². The van der Waals surface area contributed by atoms with E-state index in [-0.39, 0.29) is 34.4 Å². The van der Waals surface area contributed by atoms with Crippen molar-refractivity contribution in [1.29, 1.82) is 0 Å². The summed E-state index contributed by atoms with van der Waals surface area (Å²) < 4.78 is 12.8. The van der Waals surface area contributed by atoms with Crippen molar-refractivity contribution in [2.75, 3.05) is 23.0 Å². The lowest BCUT2D eigenvalue weighted by molar-refractivity contribution is -0.0284. The van der Waals surface area contributed by atoms with Gasteiger partial charge in [0.1, 0.15) is 0 Å². The molecule has 0 amide bonds. The molecular weight excluding hydrogens is 424 g/mol. The molecule has 0 N–H and O–H groups in total. The molecule has 2 fully saturated rings. The molecule has 2 atom stereocenters. The number of rotatable bonds is 8. The van der Waals surface area contributed by atoms with Crippen LogP contribution >= 0.6 is 0 Å². The van der Waals surface area contributed by atoms with Crippen molar-refractivity contribution in [2.24, 2.45) is 0 Å². The van der Waals surface area contributed by atoms with Crippen molar-refractivity contribution in [3.05, 3.63) is 12.4 Å².